The first kappa shape index (κ1) is 12.6. The molecule has 1 aromatic carbocycles. The fourth-order valence-electron chi connectivity index (χ4n) is 1.79. The van der Waals surface area contributed by atoms with Gasteiger partial charge in [-0.1, -0.05) is 6.07 Å². The lowest BCUT2D eigenvalue weighted by molar-refractivity contribution is -0.274. The number of hydrogen-bond acceptors (Lipinski definition) is 3. The van der Waals surface area contributed by atoms with Crippen molar-refractivity contribution in [1.82, 2.24) is 0 Å². The molecule has 0 radical (unpaired) electrons. The van der Waals surface area contributed by atoms with Crippen molar-refractivity contribution in [2.24, 2.45) is 5.73 Å². The number of alkyl halides is 3. The number of nitrogens with two attached hydrogens (primary N) is 1. The molecule has 0 aliphatic carbocycles. The van der Waals surface area contributed by atoms with Crippen LogP contribution in [0.25, 0.3) is 0 Å². The minimum atomic E-state index is -4.65. The number of thioether (sulfide) groups is 1. The van der Waals surface area contributed by atoms with Gasteiger partial charge in [0.2, 0.25) is 0 Å². The highest BCUT2D eigenvalue weighted by atomic mass is 32.2. The van der Waals surface area contributed by atoms with Crippen molar-refractivity contribution in [3.8, 4) is 5.75 Å². The number of hydrogen-bond donors (Lipinski definition) is 1. The zero-order valence-corrected chi connectivity index (χ0v) is 9.77. The zero-order valence-electron chi connectivity index (χ0n) is 8.96. The van der Waals surface area contributed by atoms with Crippen LogP contribution in [0.1, 0.15) is 23.6 Å². The van der Waals surface area contributed by atoms with Crippen LogP contribution in [0.2, 0.25) is 0 Å². The standard InChI is InChI=1S/C11H12F3NOS/c12-11(13,14)16-8-2-1-7-6-17-4-3-10(15)9(7)5-8/h1-2,5,10H,3-4,6,15H2/t10-/m0/s1. The lowest BCUT2D eigenvalue weighted by Gasteiger charge is -2.15. The monoisotopic (exact) mass is 263 g/mol. The van der Waals surface area contributed by atoms with Crippen LogP contribution in [-0.2, 0) is 5.75 Å². The van der Waals surface area contributed by atoms with Crippen molar-refractivity contribution in [2.75, 3.05) is 5.75 Å². The lowest BCUT2D eigenvalue weighted by atomic mass is 10.00. The summed E-state index contributed by atoms with van der Waals surface area (Å²) >= 11 is 1.74. The molecule has 0 bridgehead atoms. The summed E-state index contributed by atoms with van der Waals surface area (Å²) in [5.74, 6) is 1.51. The minimum Gasteiger partial charge on any atom is -0.406 e. The van der Waals surface area contributed by atoms with Crippen molar-refractivity contribution in [1.29, 1.82) is 0 Å². The van der Waals surface area contributed by atoms with Gasteiger partial charge < -0.3 is 10.5 Å². The second-order valence-electron chi connectivity index (χ2n) is 3.86. The van der Waals surface area contributed by atoms with Gasteiger partial charge in [0.25, 0.3) is 0 Å². The Kier molecular flexibility index (Phi) is 3.53. The van der Waals surface area contributed by atoms with E-state index in [4.69, 9.17) is 5.73 Å². The number of fused-ring (bicyclic) bond motifs is 1. The first-order valence-electron chi connectivity index (χ1n) is 5.17. The zero-order chi connectivity index (χ0) is 12.5. The van der Waals surface area contributed by atoms with Crippen LogP contribution >= 0.6 is 11.8 Å². The molecule has 17 heavy (non-hydrogen) atoms. The van der Waals surface area contributed by atoms with E-state index < -0.39 is 6.36 Å². The fourth-order valence-corrected chi connectivity index (χ4v) is 2.84. The van der Waals surface area contributed by atoms with Gasteiger partial charge in [-0.2, -0.15) is 11.8 Å². The fraction of sp³-hybridized carbons (Fsp3) is 0.455. The van der Waals surface area contributed by atoms with Crippen molar-refractivity contribution >= 4 is 11.8 Å². The van der Waals surface area contributed by atoms with Crippen LogP contribution < -0.4 is 10.5 Å². The van der Waals surface area contributed by atoms with E-state index in [0.717, 1.165) is 29.1 Å². The van der Waals surface area contributed by atoms with Gasteiger partial charge in [-0.15, -0.1) is 13.2 Å². The molecular weight excluding hydrogens is 251 g/mol. The van der Waals surface area contributed by atoms with E-state index in [1.54, 1.807) is 17.8 Å². The Hall–Kier alpha value is -0.880. The Balaban J connectivity index is 2.28. The number of halogens is 3. The van der Waals surface area contributed by atoms with E-state index >= 15 is 0 Å². The molecule has 1 atom stereocenters. The first-order chi connectivity index (χ1) is 7.96. The second kappa shape index (κ2) is 4.78. The molecule has 0 amide bonds. The van der Waals surface area contributed by atoms with E-state index in [1.165, 1.54) is 12.1 Å². The van der Waals surface area contributed by atoms with Crippen LogP contribution in [0.15, 0.2) is 18.2 Å². The highest BCUT2D eigenvalue weighted by Gasteiger charge is 2.31. The molecule has 1 heterocycles. The summed E-state index contributed by atoms with van der Waals surface area (Å²) in [7, 11) is 0. The summed E-state index contributed by atoms with van der Waals surface area (Å²) < 4.78 is 40.2. The molecule has 2 nitrogen and oxygen atoms in total. The molecule has 1 aromatic rings. The predicted octanol–water partition coefficient (Wildman–Crippen LogP) is 3.22. The number of benzene rings is 1. The molecule has 0 unspecified atom stereocenters. The highest BCUT2D eigenvalue weighted by Crippen LogP contribution is 2.33. The lowest BCUT2D eigenvalue weighted by Crippen LogP contribution is -2.18. The van der Waals surface area contributed by atoms with Crippen molar-refractivity contribution < 1.29 is 17.9 Å². The molecule has 0 aromatic heterocycles. The van der Waals surface area contributed by atoms with Gasteiger partial charge in [0.05, 0.1) is 0 Å². The largest absolute Gasteiger partial charge is 0.573 e. The maximum absolute atomic E-state index is 12.1. The molecule has 1 aliphatic rings. The summed E-state index contributed by atoms with van der Waals surface area (Å²) in [6.07, 6.45) is -3.88. The highest BCUT2D eigenvalue weighted by molar-refractivity contribution is 7.98. The van der Waals surface area contributed by atoms with E-state index in [0.29, 0.717) is 0 Å². The third kappa shape index (κ3) is 3.29. The van der Waals surface area contributed by atoms with Crippen LogP contribution in [0.3, 0.4) is 0 Å². The minimum absolute atomic E-state index is 0.196. The van der Waals surface area contributed by atoms with E-state index in [1.807, 2.05) is 0 Å². The molecule has 0 saturated carbocycles. The quantitative estimate of drug-likeness (QED) is 0.845. The Labute approximate surface area is 101 Å². The number of rotatable bonds is 1. The van der Waals surface area contributed by atoms with Gasteiger partial charge >= 0.3 is 6.36 Å². The summed E-state index contributed by atoms with van der Waals surface area (Å²) in [6, 6.07) is 4.19. The average molecular weight is 263 g/mol. The summed E-state index contributed by atoms with van der Waals surface area (Å²) in [5, 5.41) is 0. The maximum atomic E-state index is 12.1. The van der Waals surface area contributed by atoms with E-state index in [9.17, 15) is 13.2 Å². The molecule has 2 N–H and O–H groups in total. The predicted molar refractivity (Wildman–Crippen MR) is 60.8 cm³/mol. The molecule has 0 fully saturated rings. The molecule has 0 saturated heterocycles. The molecule has 6 heteroatoms. The van der Waals surface area contributed by atoms with Gasteiger partial charge in [0.1, 0.15) is 5.75 Å². The molecule has 94 valence electrons. The SMILES string of the molecule is N[C@H]1CCSCc2ccc(OC(F)(F)F)cc21. The Morgan fingerprint density at radius 1 is 1.35 bits per heavy atom. The van der Waals surface area contributed by atoms with Crippen molar-refractivity contribution in [3.05, 3.63) is 29.3 Å². The third-order valence-corrected chi connectivity index (χ3v) is 3.62. The molecular formula is C11H12F3NOS. The Bertz CT molecular complexity index is 408. The van der Waals surface area contributed by atoms with Crippen LogP contribution in [-0.4, -0.2) is 12.1 Å². The van der Waals surface area contributed by atoms with Gasteiger partial charge in [0.15, 0.2) is 0 Å². The number of ether oxygens (including phenoxy) is 1. The summed E-state index contributed by atoms with van der Waals surface area (Å²) in [5.41, 5.74) is 7.68. The first-order valence-corrected chi connectivity index (χ1v) is 6.33. The van der Waals surface area contributed by atoms with E-state index in [-0.39, 0.29) is 11.8 Å². The smallest absolute Gasteiger partial charge is 0.406 e. The topological polar surface area (TPSA) is 35.2 Å². The summed E-state index contributed by atoms with van der Waals surface area (Å²) in [6.45, 7) is 0. The molecule has 0 spiro atoms. The van der Waals surface area contributed by atoms with Crippen molar-refractivity contribution in [2.45, 2.75) is 24.6 Å². The van der Waals surface area contributed by atoms with Crippen LogP contribution in [0.5, 0.6) is 5.75 Å². The van der Waals surface area contributed by atoms with Gasteiger partial charge in [-0.25, -0.2) is 0 Å². The van der Waals surface area contributed by atoms with Gasteiger partial charge in [-0.3, -0.25) is 0 Å². The van der Waals surface area contributed by atoms with E-state index in [2.05, 4.69) is 4.74 Å². The maximum Gasteiger partial charge on any atom is 0.573 e. The third-order valence-electron chi connectivity index (χ3n) is 2.58. The summed E-state index contributed by atoms with van der Waals surface area (Å²) in [4.78, 5) is 0. The second-order valence-corrected chi connectivity index (χ2v) is 4.96. The average Bonchev–Trinajstić information content (AvgIpc) is 2.39. The van der Waals surface area contributed by atoms with Crippen LogP contribution in [0, 0.1) is 0 Å². The Morgan fingerprint density at radius 3 is 2.82 bits per heavy atom. The van der Waals surface area contributed by atoms with Crippen molar-refractivity contribution in [3.63, 3.8) is 0 Å². The molecule has 1 aliphatic heterocycles. The normalized spacial score (nSPS) is 20.6. The van der Waals surface area contributed by atoms with Gasteiger partial charge in [-0.05, 0) is 35.4 Å². The van der Waals surface area contributed by atoms with Gasteiger partial charge in [0, 0.05) is 11.8 Å². The Morgan fingerprint density at radius 2 is 2.12 bits per heavy atom. The molecule has 2 rings (SSSR count). The van der Waals surface area contributed by atoms with Crippen LogP contribution in [0.4, 0.5) is 13.2 Å².